The first-order valence-corrected chi connectivity index (χ1v) is 16.2. The van der Waals surface area contributed by atoms with Crippen LogP contribution in [0.4, 0.5) is 0 Å². The van der Waals surface area contributed by atoms with Crippen LogP contribution in [0.2, 0.25) is 0 Å². The van der Waals surface area contributed by atoms with Crippen molar-refractivity contribution in [2.75, 3.05) is 6.61 Å². The third kappa shape index (κ3) is 638. The molecule has 0 aliphatic carbocycles. The van der Waals surface area contributed by atoms with E-state index >= 15 is 0 Å². The summed E-state index contributed by atoms with van der Waals surface area (Å²) in [7, 11) is 20.1. The van der Waals surface area contributed by atoms with Gasteiger partial charge in [0.15, 0.2) is 0 Å². The van der Waals surface area contributed by atoms with Gasteiger partial charge in [-0.3, -0.25) is 0 Å². The van der Waals surface area contributed by atoms with Crippen LogP contribution in [0.5, 0.6) is 0 Å². The summed E-state index contributed by atoms with van der Waals surface area (Å²) in [4.78, 5) is 0. The van der Waals surface area contributed by atoms with E-state index in [0.717, 1.165) is 0 Å². The normalized spacial score (nSPS) is 6.00. The van der Waals surface area contributed by atoms with Crippen molar-refractivity contribution >= 4 is 49.6 Å². The van der Waals surface area contributed by atoms with Crippen LogP contribution < -0.4 is 0 Å². The summed E-state index contributed by atoms with van der Waals surface area (Å²) in [6.07, 6.45) is 0. The zero-order chi connectivity index (χ0) is 7.21. The predicted molar refractivity (Wildman–Crippen MR) is 60.0 cm³/mol. The molecule has 0 spiro atoms. The van der Waals surface area contributed by atoms with Gasteiger partial charge in [0, 0.05) is 6.61 Å². The van der Waals surface area contributed by atoms with Gasteiger partial charge in [0.05, 0.1) is 0 Å². The fourth-order valence-electron chi connectivity index (χ4n) is 0. The molecular formula is C2H16Cl4O6Sn. The van der Waals surface area contributed by atoms with Crippen molar-refractivity contribution < 1.29 is 32.5 Å². The summed E-state index contributed by atoms with van der Waals surface area (Å²) in [6.45, 7) is 1.93. The van der Waals surface area contributed by atoms with Gasteiger partial charge in [0.1, 0.15) is 0 Å². The number of halogens is 4. The van der Waals surface area contributed by atoms with E-state index in [4.69, 9.17) is 40.8 Å². The Bertz CT molecular complexity index is 46.4. The molecule has 0 aliphatic rings. The van der Waals surface area contributed by atoms with E-state index in [0.29, 0.717) is 0 Å². The van der Waals surface area contributed by atoms with Crippen LogP contribution >= 0.6 is 35.7 Å². The average molecular weight is 397 g/mol. The molecule has 0 aromatic rings. The standard InChI is InChI=1S/C2H6O.4ClH.5H2O.Sn/c1-2-3;;;;;;;;;;/h3H,2H2,1H3;4*1H;5*1H2;/q;;;;;;;;;;+4/p-4. The van der Waals surface area contributed by atoms with Crippen molar-refractivity contribution in [1.82, 2.24) is 0 Å². The van der Waals surface area contributed by atoms with E-state index in [1.165, 1.54) is 0 Å². The molecule has 0 heterocycles. The molecule has 0 fully saturated rings. The Balaban J connectivity index is -0.00000000840. The van der Waals surface area contributed by atoms with E-state index in [9.17, 15) is 0 Å². The molecule has 6 nitrogen and oxygen atoms in total. The second-order valence-corrected chi connectivity index (χ2v) is 26.2. The van der Waals surface area contributed by atoms with Gasteiger partial charge in [-0.2, -0.15) is 0 Å². The van der Waals surface area contributed by atoms with Gasteiger partial charge in [-0.15, -0.1) is 0 Å². The van der Waals surface area contributed by atoms with E-state index in [1.807, 2.05) is 0 Å². The molecule has 0 bridgehead atoms. The van der Waals surface area contributed by atoms with Crippen LogP contribution in [0.3, 0.4) is 0 Å². The van der Waals surface area contributed by atoms with E-state index in [-0.39, 0.29) is 34.0 Å². The first kappa shape index (κ1) is 46.5. The van der Waals surface area contributed by atoms with Gasteiger partial charge in [-0.05, 0) is 6.92 Å². The van der Waals surface area contributed by atoms with Gasteiger partial charge in [-0.1, -0.05) is 0 Å². The summed E-state index contributed by atoms with van der Waals surface area (Å²) < 4.78 is 0. The van der Waals surface area contributed by atoms with Gasteiger partial charge in [0.25, 0.3) is 0 Å². The summed E-state index contributed by atoms with van der Waals surface area (Å²) in [5, 5.41) is 7.57. The summed E-state index contributed by atoms with van der Waals surface area (Å²) in [5.74, 6) is 0. The van der Waals surface area contributed by atoms with Crippen LogP contribution in [0.15, 0.2) is 0 Å². The van der Waals surface area contributed by atoms with Crippen molar-refractivity contribution in [3.05, 3.63) is 0 Å². The minimum atomic E-state index is -3.29. The van der Waals surface area contributed by atoms with Gasteiger partial charge in [0.2, 0.25) is 0 Å². The fraction of sp³-hybridized carbons (Fsp3) is 1.00. The van der Waals surface area contributed by atoms with Crippen LogP contribution in [-0.2, 0) is 0 Å². The van der Waals surface area contributed by atoms with Crippen molar-refractivity contribution in [3.8, 4) is 0 Å². The Kier molecular flexibility index (Phi) is 104. The molecule has 0 radical (unpaired) electrons. The van der Waals surface area contributed by atoms with Crippen molar-refractivity contribution in [2.24, 2.45) is 0 Å². The third-order valence-electron chi connectivity index (χ3n) is 0. The molecule has 0 unspecified atom stereocenters. The molecule has 0 atom stereocenters. The molecule has 0 aromatic heterocycles. The number of aliphatic hydroxyl groups excluding tert-OH is 1. The molecule has 0 saturated carbocycles. The second kappa shape index (κ2) is 29.2. The van der Waals surface area contributed by atoms with Gasteiger partial charge in [-0.25, -0.2) is 0 Å². The summed E-state index contributed by atoms with van der Waals surface area (Å²) >= 11 is -3.29. The van der Waals surface area contributed by atoms with Gasteiger partial charge >= 0.3 is 49.6 Å². The molecule has 13 heavy (non-hydrogen) atoms. The second-order valence-electron chi connectivity index (χ2n) is 0.745. The van der Waals surface area contributed by atoms with Crippen molar-refractivity contribution in [1.29, 1.82) is 0 Å². The van der Waals surface area contributed by atoms with E-state index in [1.54, 1.807) is 6.92 Å². The predicted octanol–water partition coefficient (Wildman–Crippen LogP) is -1.75. The monoisotopic (exact) mass is 396 g/mol. The van der Waals surface area contributed by atoms with Crippen LogP contribution in [0, 0.1) is 0 Å². The number of rotatable bonds is 0. The SMILES string of the molecule is CCO.O.O.O.O.O.[Cl][Sn]([Cl])([Cl])[Cl]. The zero-order valence-electron chi connectivity index (χ0n) is 6.67. The molecule has 0 amide bonds. The molecule has 92 valence electrons. The van der Waals surface area contributed by atoms with Crippen molar-refractivity contribution in [2.45, 2.75) is 6.92 Å². The minimum absolute atomic E-state index is 0. The molecule has 0 aliphatic heterocycles. The van der Waals surface area contributed by atoms with Gasteiger partial charge < -0.3 is 32.5 Å². The third-order valence-corrected chi connectivity index (χ3v) is 0. The fourth-order valence-corrected chi connectivity index (χ4v) is 0. The van der Waals surface area contributed by atoms with Crippen molar-refractivity contribution in [3.63, 3.8) is 0 Å². The molecule has 11 heteroatoms. The Labute approximate surface area is 95.0 Å². The van der Waals surface area contributed by atoms with Crippen LogP contribution in [0.25, 0.3) is 0 Å². The van der Waals surface area contributed by atoms with Crippen LogP contribution in [0.1, 0.15) is 6.92 Å². The molecule has 0 saturated heterocycles. The number of aliphatic hydroxyl groups is 1. The molecule has 0 rings (SSSR count). The maximum atomic E-state index is 7.57. The summed E-state index contributed by atoms with van der Waals surface area (Å²) in [5.41, 5.74) is 0. The maximum absolute atomic E-state index is 7.57. The topological polar surface area (TPSA) is 178 Å². The van der Waals surface area contributed by atoms with E-state index in [2.05, 4.69) is 0 Å². The molecular weight excluding hydrogens is 381 g/mol. The number of hydrogen-bond donors (Lipinski definition) is 1. The summed E-state index contributed by atoms with van der Waals surface area (Å²) in [6, 6.07) is 0. The Morgan fingerprint density at radius 3 is 0.846 bits per heavy atom. The number of hydrogen-bond acceptors (Lipinski definition) is 1. The quantitative estimate of drug-likeness (QED) is 0.469. The first-order valence-electron chi connectivity index (χ1n) is 1.78. The first-order chi connectivity index (χ1) is 3.41. The Morgan fingerprint density at radius 1 is 0.846 bits per heavy atom. The van der Waals surface area contributed by atoms with Crippen LogP contribution in [-0.4, -0.2) is 53.0 Å². The molecule has 11 N–H and O–H groups in total. The Hall–Kier alpha value is 1.72. The average Bonchev–Trinajstić information content (AvgIpc) is 1.27. The zero-order valence-corrected chi connectivity index (χ0v) is 12.5. The van der Waals surface area contributed by atoms with E-state index < -0.39 is 13.9 Å². The Morgan fingerprint density at radius 2 is 0.846 bits per heavy atom. The molecule has 0 aromatic carbocycles.